The van der Waals surface area contributed by atoms with Crippen LogP contribution >= 0.6 is 0 Å². The number of hydrogen-bond acceptors (Lipinski definition) is 5. The summed E-state index contributed by atoms with van der Waals surface area (Å²) >= 11 is 0. The molecule has 83 heavy (non-hydrogen) atoms. The van der Waals surface area contributed by atoms with Crippen LogP contribution in [0.1, 0.15) is 0 Å². The second-order valence-corrected chi connectivity index (χ2v) is 22.4. The Kier molecular flexibility index (Phi) is 9.92. The van der Waals surface area contributed by atoms with E-state index in [1.165, 1.54) is 75.9 Å². The van der Waals surface area contributed by atoms with Crippen molar-refractivity contribution in [2.75, 3.05) is 19.6 Å². The predicted octanol–water partition coefficient (Wildman–Crippen LogP) is 16.3. The van der Waals surface area contributed by atoms with Crippen LogP contribution in [0.3, 0.4) is 0 Å². The molecule has 0 unspecified atom stereocenters. The Balaban J connectivity index is 0.910. The molecule has 0 radical (unpaired) electrons. The fourth-order valence-electron chi connectivity index (χ4n) is 14.4. The predicted molar refractivity (Wildman–Crippen MR) is 351 cm³/mol. The number of benzene rings is 14. The molecule has 4 aliphatic rings. The van der Waals surface area contributed by atoms with Crippen molar-refractivity contribution in [2.24, 2.45) is 0 Å². The van der Waals surface area contributed by atoms with Gasteiger partial charge in [-0.2, -0.15) is 0 Å². The molecule has 0 saturated heterocycles. The van der Waals surface area contributed by atoms with Crippen molar-refractivity contribution >= 4 is 158 Å². The fourth-order valence-corrected chi connectivity index (χ4v) is 14.4. The van der Waals surface area contributed by atoms with E-state index in [4.69, 9.17) is 4.74 Å². The molecule has 14 aromatic rings. The minimum Gasteiger partial charge on any atom is -0.457 e. The Hall–Kier alpha value is -10.8. The van der Waals surface area contributed by atoms with Crippen LogP contribution in [0.5, 0.6) is 11.5 Å². The van der Waals surface area contributed by atoms with Crippen LogP contribution in [0.25, 0.3) is 43.1 Å². The molecular formula is C76H48B2N4O. The maximum Gasteiger partial charge on any atom is 0.252 e. The molecule has 0 amide bonds. The van der Waals surface area contributed by atoms with Crippen LogP contribution in [-0.2, 0) is 0 Å². The molecule has 14 aromatic carbocycles. The average molecular weight is 1050 g/mol. The lowest BCUT2D eigenvalue weighted by molar-refractivity contribution is 0.483. The molecule has 0 fully saturated rings. The molecule has 7 heteroatoms. The number of anilines is 12. The lowest BCUT2D eigenvalue weighted by Gasteiger charge is -2.44. The third-order valence-corrected chi connectivity index (χ3v) is 17.9. The molecule has 0 atom stereocenters. The van der Waals surface area contributed by atoms with Crippen LogP contribution < -0.4 is 57.1 Å². The molecule has 0 aliphatic carbocycles. The van der Waals surface area contributed by atoms with E-state index in [1.807, 2.05) is 0 Å². The van der Waals surface area contributed by atoms with Crippen molar-refractivity contribution in [1.82, 2.24) is 0 Å². The number of ether oxygens (including phenoxy) is 1. The summed E-state index contributed by atoms with van der Waals surface area (Å²) in [6.45, 7) is -0.0997. The van der Waals surface area contributed by atoms with Gasteiger partial charge in [-0.3, -0.25) is 0 Å². The molecule has 0 spiro atoms. The first-order valence-corrected chi connectivity index (χ1v) is 28.7. The van der Waals surface area contributed by atoms with Gasteiger partial charge < -0.3 is 24.3 Å². The third-order valence-electron chi connectivity index (χ3n) is 17.9. The number of nitrogens with zero attached hydrogens (tertiary/aromatic N) is 4. The van der Waals surface area contributed by atoms with Crippen molar-refractivity contribution in [2.45, 2.75) is 0 Å². The van der Waals surface area contributed by atoms with Crippen molar-refractivity contribution in [3.8, 4) is 11.5 Å². The van der Waals surface area contributed by atoms with Gasteiger partial charge in [0.2, 0.25) is 0 Å². The smallest absolute Gasteiger partial charge is 0.252 e. The Morgan fingerprint density at radius 1 is 0.205 bits per heavy atom. The first-order valence-electron chi connectivity index (χ1n) is 28.7. The summed E-state index contributed by atoms with van der Waals surface area (Å²) in [5, 5.41) is 9.55. The summed E-state index contributed by atoms with van der Waals surface area (Å²) in [6.07, 6.45) is 0. The van der Waals surface area contributed by atoms with Gasteiger partial charge >= 0.3 is 0 Å². The summed E-state index contributed by atoms with van der Waals surface area (Å²) < 4.78 is 7.78. The zero-order chi connectivity index (χ0) is 54.3. The van der Waals surface area contributed by atoms with E-state index in [0.717, 1.165) is 79.7 Å². The van der Waals surface area contributed by atoms with E-state index in [2.05, 4.69) is 311 Å². The minimum atomic E-state index is -0.0499. The normalized spacial score (nSPS) is 13.4. The van der Waals surface area contributed by atoms with E-state index >= 15 is 0 Å². The van der Waals surface area contributed by atoms with E-state index in [-0.39, 0.29) is 13.4 Å². The van der Waals surface area contributed by atoms with Crippen molar-refractivity contribution in [1.29, 1.82) is 0 Å². The van der Waals surface area contributed by atoms with Crippen LogP contribution in [0.4, 0.5) is 68.2 Å². The summed E-state index contributed by atoms with van der Waals surface area (Å²) in [5.74, 6) is 1.47. The van der Waals surface area contributed by atoms with E-state index in [9.17, 15) is 0 Å². The topological polar surface area (TPSA) is 22.2 Å². The molecule has 4 aliphatic heterocycles. The summed E-state index contributed by atoms with van der Waals surface area (Å²) in [7, 11) is 0. The Bertz CT molecular complexity index is 4440. The molecule has 0 aromatic heterocycles. The summed E-state index contributed by atoms with van der Waals surface area (Å²) in [6, 6.07) is 107. The van der Waals surface area contributed by atoms with Gasteiger partial charge in [0.1, 0.15) is 11.5 Å². The zero-order valence-electron chi connectivity index (χ0n) is 45.1. The van der Waals surface area contributed by atoms with E-state index in [0.29, 0.717) is 0 Å². The summed E-state index contributed by atoms with van der Waals surface area (Å²) in [5.41, 5.74) is 20.8. The standard InChI is InChI=1S/C76H48B2N4O/c1-5-21-53-41-57(37-33-49(53)17-1)79-67-29-13-9-25-63(67)77-64-26-10-14-30-68(64)80(58-38-34-50-18-2-6-22-54(50)42-58)72-46-61(45-71(79)75(72)77)83-62-47-73-76-74(48-62)82(60-40-36-52-20-4-8-24-56(52)44-60)70-32-16-12-28-66(70)78(76)65-27-11-15-31-69(65)81(73)59-39-35-51-19-3-7-23-55(51)43-59/h1-48H. The van der Waals surface area contributed by atoms with Gasteiger partial charge in [0.15, 0.2) is 0 Å². The third kappa shape index (κ3) is 6.98. The lowest BCUT2D eigenvalue weighted by atomic mass is 9.33. The average Bonchev–Trinajstić information content (AvgIpc) is 1.71. The molecule has 5 nitrogen and oxygen atoms in total. The number of rotatable bonds is 6. The van der Waals surface area contributed by atoms with Gasteiger partial charge in [0.05, 0.1) is 0 Å². The Labute approximate surface area is 481 Å². The second kappa shape index (κ2) is 17.9. The molecule has 0 N–H and O–H groups in total. The molecule has 0 bridgehead atoms. The molecule has 18 rings (SSSR count). The van der Waals surface area contributed by atoms with E-state index in [1.54, 1.807) is 0 Å². The van der Waals surface area contributed by atoms with Crippen molar-refractivity contribution < 1.29 is 4.74 Å². The van der Waals surface area contributed by atoms with Crippen LogP contribution in [-0.4, -0.2) is 13.4 Å². The van der Waals surface area contributed by atoms with Gasteiger partial charge in [-0.1, -0.05) is 194 Å². The molecular weight excluding hydrogens is 1010 g/mol. The maximum atomic E-state index is 7.78. The van der Waals surface area contributed by atoms with Crippen molar-refractivity contribution in [3.63, 3.8) is 0 Å². The van der Waals surface area contributed by atoms with Crippen LogP contribution in [0.2, 0.25) is 0 Å². The largest absolute Gasteiger partial charge is 0.457 e. The first kappa shape index (κ1) is 46.0. The quantitative estimate of drug-likeness (QED) is 0.154. The van der Waals surface area contributed by atoms with Gasteiger partial charge in [-0.05, 0) is 149 Å². The monoisotopic (exact) mass is 1050 g/mol. The number of hydrogen-bond donors (Lipinski definition) is 0. The lowest BCUT2D eigenvalue weighted by Crippen LogP contribution is -2.61. The Morgan fingerprint density at radius 3 is 0.699 bits per heavy atom. The minimum absolute atomic E-state index is 0.0499. The number of fused-ring (bicyclic) bond motifs is 12. The highest BCUT2D eigenvalue weighted by molar-refractivity contribution is 7.01. The first-order chi connectivity index (χ1) is 41.1. The highest BCUT2D eigenvalue weighted by Gasteiger charge is 2.46. The highest BCUT2D eigenvalue weighted by Crippen LogP contribution is 2.50. The second-order valence-electron chi connectivity index (χ2n) is 22.4. The fraction of sp³-hybridized carbons (Fsp3) is 0. The van der Waals surface area contributed by atoms with Gasteiger partial charge in [0, 0.05) is 92.5 Å². The molecule has 0 saturated carbocycles. The maximum absolute atomic E-state index is 7.78. The van der Waals surface area contributed by atoms with Crippen LogP contribution in [0.15, 0.2) is 291 Å². The van der Waals surface area contributed by atoms with Gasteiger partial charge in [0.25, 0.3) is 13.4 Å². The SMILES string of the molecule is c1ccc2c(c1)B1c3ccccc3N(c3ccc4ccccc4c3)c3cc(Oc4cc5c6c(c4)N(c4ccc7ccccc7c4)c4ccccc4B6c4ccccc4N5c4ccc5ccccc5c4)cc(c31)N2c1ccc2ccccc2c1. The Morgan fingerprint density at radius 2 is 0.434 bits per heavy atom. The van der Waals surface area contributed by atoms with E-state index < -0.39 is 0 Å². The van der Waals surface area contributed by atoms with Crippen molar-refractivity contribution in [3.05, 3.63) is 291 Å². The zero-order valence-corrected chi connectivity index (χ0v) is 45.1. The summed E-state index contributed by atoms with van der Waals surface area (Å²) in [4.78, 5) is 9.92. The molecule has 384 valence electrons. The van der Waals surface area contributed by atoms with Gasteiger partial charge in [-0.25, -0.2) is 0 Å². The number of para-hydroxylation sites is 4. The highest BCUT2D eigenvalue weighted by atomic mass is 16.5. The van der Waals surface area contributed by atoms with Gasteiger partial charge in [-0.15, -0.1) is 0 Å². The van der Waals surface area contributed by atoms with Crippen LogP contribution in [0, 0.1) is 0 Å². The molecule has 4 heterocycles.